The fraction of sp³-hybridized carbons (Fsp3) is 0.684. The van der Waals surface area contributed by atoms with Gasteiger partial charge in [-0.25, -0.2) is 14.6 Å². The summed E-state index contributed by atoms with van der Waals surface area (Å²) in [6.45, 7) is 11.1. The van der Waals surface area contributed by atoms with Crippen LogP contribution in [0.3, 0.4) is 0 Å². The number of hydrogen-bond donors (Lipinski definition) is 2. The van der Waals surface area contributed by atoms with Gasteiger partial charge in [0.1, 0.15) is 36.1 Å². The highest BCUT2D eigenvalue weighted by atomic mass is 16.6. The summed E-state index contributed by atoms with van der Waals surface area (Å²) < 4.78 is 24.7. The number of fused-ring (bicyclic) bond motifs is 5. The standard InChI is InChI=1S/C38H54N4O8/c1-23-26-11-7-6-8-13-28-32(48-24-15-17-41(18-16-24)19-20-47-5)27-12-9-10-14-29(27)39-34(28)49-25-21-30(36(44)45)42(22-25)35(43)33(38(2,3)4)40-37(46)50-31(23)26/h9-10,12,14,23-26,30-31,33H,6-8,11,13,15-22H2,1-5H3,(H,40,46)(H,44,45)/t23?,25-,26-,30+,31-,33-/m1/s1. The third-order valence-corrected chi connectivity index (χ3v) is 11.0. The Morgan fingerprint density at radius 2 is 1.84 bits per heavy atom. The number of alkyl carbamates (subject to hydrolysis) is 1. The molecule has 3 fully saturated rings. The summed E-state index contributed by atoms with van der Waals surface area (Å²) in [6, 6.07) is 5.82. The first kappa shape index (κ1) is 36.2. The van der Waals surface area contributed by atoms with Gasteiger partial charge in [0.25, 0.3) is 0 Å². The van der Waals surface area contributed by atoms with Crippen molar-refractivity contribution in [2.75, 3.05) is 39.9 Å². The molecule has 2 N–H and O–H groups in total. The maximum absolute atomic E-state index is 14.1. The molecule has 1 aromatic carbocycles. The van der Waals surface area contributed by atoms with E-state index in [9.17, 15) is 19.5 Å². The van der Waals surface area contributed by atoms with Crippen LogP contribution in [0.5, 0.6) is 11.6 Å². The number of aliphatic carboxylic acids is 1. The van der Waals surface area contributed by atoms with Gasteiger partial charge in [-0.05, 0) is 55.6 Å². The molecule has 1 aliphatic carbocycles. The van der Waals surface area contributed by atoms with E-state index >= 15 is 0 Å². The second kappa shape index (κ2) is 15.3. The number of rotatable bonds is 6. The molecule has 274 valence electrons. The molecule has 0 radical (unpaired) electrons. The Labute approximate surface area is 295 Å². The van der Waals surface area contributed by atoms with Crippen LogP contribution in [0, 0.1) is 17.3 Å². The van der Waals surface area contributed by atoms with Crippen molar-refractivity contribution in [3.8, 4) is 11.6 Å². The van der Waals surface area contributed by atoms with Crippen molar-refractivity contribution in [2.24, 2.45) is 17.3 Å². The minimum absolute atomic E-state index is 0.0329. The molecule has 4 aliphatic rings. The Morgan fingerprint density at radius 3 is 2.56 bits per heavy atom. The SMILES string of the molecule is COCCN1CCC(Oc2c3c(nc4ccccc24)O[C@@H]2C[C@@H](C(=O)O)N(C2)C(=O)[C@H](C(C)(C)C)NC(=O)O[C@@H]2C(C)[C@H]2CCCCC3)CC1. The molecule has 4 heterocycles. The molecule has 2 amide bonds. The lowest BCUT2D eigenvalue weighted by atomic mass is 9.85. The molecule has 1 unspecified atom stereocenters. The van der Waals surface area contributed by atoms with Gasteiger partial charge in [-0.1, -0.05) is 52.7 Å². The van der Waals surface area contributed by atoms with E-state index in [1.807, 2.05) is 45.0 Å². The van der Waals surface area contributed by atoms with E-state index in [4.69, 9.17) is 23.9 Å². The molecule has 6 rings (SSSR count). The van der Waals surface area contributed by atoms with Crippen LogP contribution in [0.25, 0.3) is 10.9 Å². The number of carbonyl (C=O) groups excluding carboxylic acids is 2. The summed E-state index contributed by atoms with van der Waals surface area (Å²) in [5.74, 6) is 0.151. The fourth-order valence-electron chi connectivity index (χ4n) is 7.88. The topological polar surface area (TPSA) is 140 Å². The Morgan fingerprint density at radius 1 is 1.08 bits per heavy atom. The third-order valence-electron chi connectivity index (χ3n) is 11.0. The normalized spacial score (nSPS) is 28.8. The van der Waals surface area contributed by atoms with Crippen molar-refractivity contribution in [3.05, 3.63) is 29.8 Å². The molecule has 50 heavy (non-hydrogen) atoms. The van der Waals surface area contributed by atoms with Gasteiger partial charge in [0.15, 0.2) is 0 Å². The maximum atomic E-state index is 14.1. The predicted octanol–water partition coefficient (Wildman–Crippen LogP) is 5.05. The zero-order valence-electron chi connectivity index (χ0n) is 30.2. The van der Waals surface area contributed by atoms with Crippen LogP contribution in [0.4, 0.5) is 4.79 Å². The number of carboxylic acid groups (broad SMARTS) is 1. The van der Waals surface area contributed by atoms with Gasteiger partial charge in [0.05, 0.1) is 24.2 Å². The molecule has 1 saturated carbocycles. The van der Waals surface area contributed by atoms with E-state index in [-0.39, 0.29) is 37.0 Å². The van der Waals surface area contributed by atoms with Gasteiger partial charge < -0.3 is 39.2 Å². The van der Waals surface area contributed by atoms with E-state index < -0.39 is 41.6 Å². The fourth-order valence-corrected chi connectivity index (χ4v) is 7.88. The summed E-state index contributed by atoms with van der Waals surface area (Å²) in [5.41, 5.74) is 0.933. The lowest BCUT2D eigenvalue weighted by molar-refractivity contribution is -0.150. The van der Waals surface area contributed by atoms with Crippen molar-refractivity contribution in [3.63, 3.8) is 0 Å². The van der Waals surface area contributed by atoms with Crippen LogP contribution in [0.1, 0.15) is 78.2 Å². The number of benzene rings is 1. The molecule has 6 atom stereocenters. The zero-order valence-corrected chi connectivity index (χ0v) is 30.2. The van der Waals surface area contributed by atoms with Crippen molar-refractivity contribution in [2.45, 2.75) is 109 Å². The van der Waals surface area contributed by atoms with Gasteiger partial charge in [-0.3, -0.25) is 4.79 Å². The van der Waals surface area contributed by atoms with Crippen LogP contribution >= 0.6 is 0 Å². The molecule has 1 aromatic heterocycles. The molecule has 2 bridgehead atoms. The second-order valence-corrected chi connectivity index (χ2v) is 15.6. The van der Waals surface area contributed by atoms with Gasteiger partial charge >= 0.3 is 12.1 Å². The number of aromatic nitrogens is 1. The number of likely N-dealkylation sites (tertiary alicyclic amines) is 1. The van der Waals surface area contributed by atoms with E-state index in [1.54, 1.807) is 7.11 Å². The summed E-state index contributed by atoms with van der Waals surface area (Å²) >= 11 is 0. The summed E-state index contributed by atoms with van der Waals surface area (Å²) in [6.07, 6.45) is 4.93. The molecular weight excluding hydrogens is 640 g/mol. The molecule has 12 heteroatoms. The highest BCUT2D eigenvalue weighted by Gasteiger charge is 2.51. The Hall–Kier alpha value is -3.64. The largest absolute Gasteiger partial charge is 0.489 e. The number of nitrogens with one attached hydrogen (secondary N) is 1. The highest BCUT2D eigenvalue weighted by molar-refractivity contribution is 5.91. The van der Waals surface area contributed by atoms with Crippen LogP contribution in [-0.2, 0) is 25.5 Å². The lowest BCUT2D eigenvalue weighted by Crippen LogP contribution is -2.57. The number of carboxylic acids is 1. The van der Waals surface area contributed by atoms with Crippen LogP contribution < -0.4 is 14.8 Å². The monoisotopic (exact) mass is 694 g/mol. The predicted molar refractivity (Wildman–Crippen MR) is 187 cm³/mol. The van der Waals surface area contributed by atoms with Crippen LogP contribution in [-0.4, -0.2) is 108 Å². The zero-order chi connectivity index (χ0) is 35.6. The van der Waals surface area contributed by atoms with E-state index in [2.05, 4.69) is 17.1 Å². The van der Waals surface area contributed by atoms with Crippen molar-refractivity contribution in [1.29, 1.82) is 0 Å². The first-order chi connectivity index (χ1) is 23.9. The van der Waals surface area contributed by atoms with E-state index in [0.717, 1.165) is 80.4 Å². The average molecular weight is 695 g/mol. The third kappa shape index (κ3) is 8.12. The van der Waals surface area contributed by atoms with Crippen LogP contribution in [0.2, 0.25) is 0 Å². The van der Waals surface area contributed by atoms with E-state index in [0.29, 0.717) is 18.9 Å². The van der Waals surface area contributed by atoms with Gasteiger partial charge in [-0.15, -0.1) is 0 Å². The molecule has 2 saturated heterocycles. The number of pyridine rings is 1. The summed E-state index contributed by atoms with van der Waals surface area (Å²) in [5, 5.41) is 14.0. The van der Waals surface area contributed by atoms with Crippen molar-refractivity contribution in [1.82, 2.24) is 20.1 Å². The molecule has 12 nitrogen and oxygen atoms in total. The average Bonchev–Trinajstić information content (AvgIpc) is 3.45. The van der Waals surface area contributed by atoms with Crippen molar-refractivity contribution >= 4 is 28.9 Å². The number of amides is 2. The number of carbonyl (C=O) groups is 3. The number of piperidine rings is 1. The van der Waals surface area contributed by atoms with E-state index in [1.165, 1.54) is 4.90 Å². The van der Waals surface area contributed by atoms with Gasteiger partial charge in [0, 0.05) is 44.5 Å². The quantitative estimate of drug-likeness (QED) is 0.422. The first-order valence-corrected chi connectivity index (χ1v) is 18.4. The lowest BCUT2D eigenvalue weighted by Gasteiger charge is -2.34. The van der Waals surface area contributed by atoms with Crippen LogP contribution in [0.15, 0.2) is 24.3 Å². The van der Waals surface area contributed by atoms with Gasteiger partial charge in [0.2, 0.25) is 11.8 Å². The Balaban J connectivity index is 1.33. The summed E-state index contributed by atoms with van der Waals surface area (Å²) in [7, 11) is 1.73. The number of para-hydroxylation sites is 1. The minimum Gasteiger partial charge on any atom is -0.489 e. The molecule has 3 aliphatic heterocycles. The van der Waals surface area contributed by atoms with Crippen molar-refractivity contribution < 1.29 is 38.4 Å². The Bertz CT molecular complexity index is 1540. The first-order valence-electron chi connectivity index (χ1n) is 18.4. The molecular formula is C38H54N4O8. The maximum Gasteiger partial charge on any atom is 0.408 e. The number of nitrogens with zero attached hydrogens (tertiary/aromatic N) is 3. The molecule has 0 spiro atoms. The Kier molecular flexibility index (Phi) is 11.1. The molecule has 2 aromatic rings. The summed E-state index contributed by atoms with van der Waals surface area (Å²) in [4.78, 5) is 48.5. The number of methoxy groups -OCH3 is 1. The number of ether oxygens (including phenoxy) is 4. The number of hydrogen-bond acceptors (Lipinski definition) is 9. The smallest absolute Gasteiger partial charge is 0.408 e. The van der Waals surface area contributed by atoms with Gasteiger partial charge in [-0.2, -0.15) is 0 Å². The minimum atomic E-state index is -1.12. The second-order valence-electron chi connectivity index (χ2n) is 15.6. The highest BCUT2D eigenvalue weighted by Crippen LogP contribution is 2.45.